The molecule has 0 aliphatic rings. The number of benzene rings is 1. The first-order chi connectivity index (χ1) is 10.1. The van der Waals surface area contributed by atoms with Crippen LogP contribution in [0.3, 0.4) is 0 Å². The molecule has 1 rings (SSSR count). The topological polar surface area (TPSA) is 38.8 Å². The van der Waals surface area contributed by atoms with E-state index in [1.54, 1.807) is 12.1 Å². The van der Waals surface area contributed by atoms with Crippen LogP contribution in [-0.4, -0.2) is 37.6 Å². The highest BCUT2D eigenvalue weighted by molar-refractivity contribution is 6.32. The Balaban J connectivity index is 3.06. The van der Waals surface area contributed by atoms with E-state index in [-0.39, 0.29) is 5.91 Å². The van der Waals surface area contributed by atoms with Crippen LogP contribution in [0, 0.1) is 0 Å². The number of halogens is 1. The van der Waals surface area contributed by atoms with E-state index in [9.17, 15) is 4.79 Å². The minimum Gasteiger partial charge on any atom is -0.493 e. The van der Waals surface area contributed by atoms with Crippen molar-refractivity contribution in [2.24, 2.45) is 0 Å². The Bertz CT molecular complexity index is 477. The smallest absolute Gasteiger partial charge is 0.254 e. The SMILES string of the molecule is CCCCN(CC)C(=O)c1cc(Cl)c(OCC)c(OC)c1. The van der Waals surface area contributed by atoms with Gasteiger partial charge in [-0.1, -0.05) is 24.9 Å². The monoisotopic (exact) mass is 313 g/mol. The Kier molecular flexibility index (Phi) is 7.37. The fourth-order valence-electron chi connectivity index (χ4n) is 2.06. The molecule has 0 aliphatic heterocycles. The summed E-state index contributed by atoms with van der Waals surface area (Å²) < 4.78 is 10.7. The lowest BCUT2D eigenvalue weighted by Gasteiger charge is -2.21. The highest BCUT2D eigenvalue weighted by atomic mass is 35.5. The minimum atomic E-state index is -0.0331. The van der Waals surface area contributed by atoms with Crippen molar-refractivity contribution in [1.82, 2.24) is 4.90 Å². The molecule has 0 atom stereocenters. The van der Waals surface area contributed by atoms with Gasteiger partial charge in [0, 0.05) is 18.7 Å². The molecule has 0 heterocycles. The van der Waals surface area contributed by atoms with E-state index in [0.29, 0.717) is 35.2 Å². The highest BCUT2D eigenvalue weighted by Crippen LogP contribution is 2.36. The van der Waals surface area contributed by atoms with Gasteiger partial charge in [-0.3, -0.25) is 4.79 Å². The Morgan fingerprint density at radius 1 is 1.29 bits per heavy atom. The maximum absolute atomic E-state index is 12.5. The lowest BCUT2D eigenvalue weighted by atomic mass is 10.1. The molecule has 21 heavy (non-hydrogen) atoms. The van der Waals surface area contributed by atoms with Gasteiger partial charge in [-0.15, -0.1) is 0 Å². The summed E-state index contributed by atoms with van der Waals surface area (Å²) in [6.45, 7) is 7.86. The van der Waals surface area contributed by atoms with Crippen LogP contribution in [0.15, 0.2) is 12.1 Å². The number of methoxy groups -OCH3 is 1. The Hall–Kier alpha value is -1.42. The van der Waals surface area contributed by atoms with Crippen LogP contribution in [0.25, 0.3) is 0 Å². The normalized spacial score (nSPS) is 10.3. The van der Waals surface area contributed by atoms with Gasteiger partial charge in [-0.25, -0.2) is 0 Å². The number of hydrogen-bond acceptors (Lipinski definition) is 3. The average Bonchev–Trinajstić information content (AvgIpc) is 2.49. The van der Waals surface area contributed by atoms with E-state index in [1.165, 1.54) is 7.11 Å². The predicted octanol–water partition coefficient (Wildman–Crippen LogP) is 4.01. The van der Waals surface area contributed by atoms with Crippen molar-refractivity contribution in [3.05, 3.63) is 22.7 Å². The molecule has 0 bridgehead atoms. The maximum atomic E-state index is 12.5. The first-order valence-corrected chi connectivity index (χ1v) is 7.76. The van der Waals surface area contributed by atoms with Crippen molar-refractivity contribution >= 4 is 17.5 Å². The summed E-state index contributed by atoms with van der Waals surface area (Å²) in [5.41, 5.74) is 0.526. The molecule has 0 N–H and O–H groups in total. The Morgan fingerprint density at radius 3 is 2.52 bits per heavy atom. The summed E-state index contributed by atoms with van der Waals surface area (Å²) in [5, 5.41) is 0.395. The number of rotatable bonds is 8. The quantitative estimate of drug-likeness (QED) is 0.728. The lowest BCUT2D eigenvalue weighted by molar-refractivity contribution is 0.0762. The largest absolute Gasteiger partial charge is 0.493 e. The minimum absolute atomic E-state index is 0.0331. The molecular formula is C16H24ClNO3. The van der Waals surface area contributed by atoms with Gasteiger partial charge in [0.05, 0.1) is 18.7 Å². The third-order valence-electron chi connectivity index (χ3n) is 3.22. The number of nitrogens with zero attached hydrogens (tertiary/aromatic N) is 1. The molecule has 0 aromatic heterocycles. The Morgan fingerprint density at radius 2 is 2.00 bits per heavy atom. The molecule has 0 aliphatic carbocycles. The first-order valence-electron chi connectivity index (χ1n) is 7.38. The summed E-state index contributed by atoms with van der Waals surface area (Å²) >= 11 is 6.21. The number of carbonyl (C=O) groups excluding carboxylic acids is 1. The zero-order valence-electron chi connectivity index (χ0n) is 13.2. The van der Waals surface area contributed by atoms with Crippen LogP contribution in [-0.2, 0) is 0 Å². The van der Waals surface area contributed by atoms with Gasteiger partial charge < -0.3 is 14.4 Å². The molecule has 0 spiro atoms. The zero-order chi connectivity index (χ0) is 15.8. The van der Waals surface area contributed by atoms with Crippen LogP contribution in [0.4, 0.5) is 0 Å². The summed E-state index contributed by atoms with van der Waals surface area (Å²) in [7, 11) is 1.54. The van der Waals surface area contributed by atoms with Gasteiger partial charge >= 0.3 is 0 Å². The van der Waals surface area contributed by atoms with E-state index in [1.807, 2.05) is 18.7 Å². The van der Waals surface area contributed by atoms with Crippen LogP contribution in [0.2, 0.25) is 5.02 Å². The van der Waals surface area contributed by atoms with Gasteiger partial charge in [0.1, 0.15) is 0 Å². The highest BCUT2D eigenvalue weighted by Gasteiger charge is 2.19. The number of amides is 1. The van der Waals surface area contributed by atoms with Gasteiger partial charge in [0.2, 0.25) is 0 Å². The van der Waals surface area contributed by atoms with Crippen molar-refractivity contribution in [1.29, 1.82) is 0 Å². The molecule has 1 aromatic rings. The molecule has 1 amide bonds. The molecule has 0 radical (unpaired) electrons. The molecule has 0 unspecified atom stereocenters. The number of carbonyl (C=O) groups is 1. The van der Waals surface area contributed by atoms with Gasteiger partial charge in [-0.2, -0.15) is 0 Å². The molecule has 1 aromatic carbocycles. The molecule has 0 saturated heterocycles. The van der Waals surface area contributed by atoms with Crippen LogP contribution in [0.1, 0.15) is 44.0 Å². The van der Waals surface area contributed by atoms with Crippen molar-refractivity contribution < 1.29 is 14.3 Å². The molecule has 0 fully saturated rings. The van der Waals surface area contributed by atoms with Crippen molar-refractivity contribution in [3.8, 4) is 11.5 Å². The van der Waals surface area contributed by atoms with Crippen molar-refractivity contribution in [2.75, 3.05) is 26.8 Å². The standard InChI is InChI=1S/C16H24ClNO3/c1-5-8-9-18(6-2)16(19)12-10-13(17)15(21-7-3)14(11-12)20-4/h10-11H,5-9H2,1-4H3. The van der Waals surface area contributed by atoms with Gasteiger partial charge in [0.25, 0.3) is 5.91 Å². The van der Waals surface area contributed by atoms with E-state index < -0.39 is 0 Å². The average molecular weight is 314 g/mol. The molecular weight excluding hydrogens is 290 g/mol. The zero-order valence-corrected chi connectivity index (χ0v) is 14.0. The second kappa shape index (κ2) is 8.78. The number of hydrogen-bond donors (Lipinski definition) is 0. The predicted molar refractivity (Wildman–Crippen MR) is 85.7 cm³/mol. The fourth-order valence-corrected chi connectivity index (χ4v) is 2.33. The van der Waals surface area contributed by atoms with Crippen LogP contribution >= 0.6 is 11.6 Å². The molecule has 0 saturated carbocycles. The summed E-state index contributed by atoms with van der Waals surface area (Å²) in [4.78, 5) is 14.4. The van der Waals surface area contributed by atoms with Crippen molar-refractivity contribution in [2.45, 2.75) is 33.6 Å². The third kappa shape index (κ3) is 4.53. The third-order valence-corrected chi connectivity index (χ3v) is 3.50. The van der Waals surface area contributed by atoms with E-state index in [4.69, 9.17) is 21.1 Å². The second-order valence-corrected chi connectivity index (χ2v) is 5.07. The fraction of sp³-hybridized carbons (Fsp3) is 0.562. The number of ether oxygens (including phenoxy) is 2. The maximum Gasteiger partial charge on any atom is 0.254 e. The lowest BCUT2D eigenvalue weighted by Crippen LogP contribution is -2.31. The van der Waals surface area contributed by atoms with Gasteiger partial charge in [-0.05, 0) is 32.4 Å². The second-order valence-electron chi connectivity index (χ2n) is 4.66. The summed E-state index contributed by atoms with van der Waals surface area (Å²) in [6, 6.07) is 3.33. The van der Waals surface area contributed by atoms with E-state index in [2.05, 4.69) is 6.92 Å². The summed E-state index contributed by atoms with van der Waals surface area (Å²) in [6.07, 6.45) is 2.04. The first kappa shape index (κ1) is 17.6. The molecule has 118 valence electrons. The van der Waals surface area contributed by atoms with Gasteiger partial charge in [0.15, 0.2) is 11.5 Å². The summed E-state index contributed by atoms with van der Waals surface area (Å²) in [5.74, 6) is 0.934. The molecule has 5 heteroatoms. The number of unbranched alkanes of at least 4 members (excludes halogenated alkanes) is 1. The van der Waals surface area contributed by atoms with E-state index in [0.717, 1.165) is 19.4 Å². The van der Waals surface area contributed by atoms with Crippen LogP contribution in [0.5, 0.6) is 11.5 Å². The van der Waals surface area contributed by atoms with Crippen LogP contribution < -0.4 is 9.47 Å². The molecule has 4 nitrogen and oxygen atoms in total. The van der Waals surface area contributed by atoms with Crippen molar-refractivity contribution in [3.63, 3.8) is 0 Å². The van der Waals surface area contributed by atoms with E-state index >= 15 is 0 Å². The Labute approximate surface area is 132 Å².